The van der Waals surface area contributed by atoms with Gasteiger partial charge in [0, 0.05) is 25.3 Å². The van der Waals surface area contributed by atoms with Crippen molar-refractivity contribution in [1.82, 2.24) is 5.32 Å². The summed E-state index contributed by atoms with van der Waals surface area (Å²) in [7, 11) is 0. The summed E-state index contributed by atoms with van der Waals surface area (Å²) in [4.78, 5) is 13.7. The second kappa shape index (κ2) is 7.98. The highest BCUT2D eigenvalue weighted by molar-refractivity contribution is 5.89. The van der Waals surface area contributed by atoms with Crippen molar-refractivity contribution >= 4 is 17.4 Å². The van der Waals surface area contributed by atoms with E-state index in [1.54, 1.807) is 12.1 Å². The maximum atomic E-state index is 14.1. The molecule has 1 atom stereocenters. The predicted molar refractivity (Wildman–Crippen MR) is 85.8 cm³/mol. The fourth-order valence-electron chi connectivity index (χ4n) is 2.62. The van der Waals surface area contributed by atoms with Crippen molar-refractivity contribution in [3.8, 4) is 0 Å². The summed E-state index contributed by atoms with van der Waals surface area (Å²) in [6, 6.07) is 4.28. The van der Waals surface area contributed by atoms with E-state index in [4.69, 9.17) is 0 Å². The van der Waals surface area contributed by atoms with Crippen LogP contribution in [0, 0.1) is 5.82 Å². The first kappa shape index (κ1) is 16.5. The van der Waals surface area contributed by atoms with Crippen LogP contribution in [0.4, 0.5) is 20.6 Å². The molecule has 5 nitrogen and oxygen atoms in total. The van der Waals surface area contributed by atoms with Gasteiger partial charge >= 0.3 is 6.03 Å². The van der Waals surface area contributed by atoms with Crippen molar-refractivity contribution in [2.75, 3.05) is 29.9 Å². The van der Waals surface area contributed by atoms with Crippen LogP contribution < -0.4 is 15.5 Å². The first-order chi connectivity index (χ1) is 10.6. The molecular formula is C16H24FN3O2. The average Bonchev–Trinajstić information content (AvgIpc) is 2.99. The Balaban J connectivity index is 1.87. The Morgan fingerprint density at radius 3 is 2.77 bits per heavy atom. The van der Waals surface area contributed by atoms with Crippen LogP contribution in [0.2, 0.25) is 0 Å². The van der Waals surface area contributed by atoms with E-state index in [1.165, 1.54) is 6.07 Å². The Morgan fingerprint density at radius 1 is 1.41 bits per heavy atom. The van der Waals surface area contributed by atoms with Gasteiger partial charge in [-0.15, -0.1) is 0 Å². The maximum Gasteiger partial charge on any atom is 0.319 e. The quantitative estimate of drug-likeness (QED) is 0.757. The second-order valence-corrected chi connectivity index (χ2v) is 5.64. The number of amides is 2. The van der Waals surface area contributed by atoms with Crippen LogP contribution in [0.3, 0.4) is 0 Å². The zero-order valence-corrected chi connectivity index (χ0v) is 12.9. The number of aliphatic hydroxyl groups is 1. The summed E-state index contributed by atoms with van der Waals surface area (Å²) >= 11 is 0. The molecule has 2 rings (SSSR count). The lowest BCUT2D eigenvalue weighted by Gasteiger charge is -2.19. The van der Waals surface area contributed by atoms with E-state index in [-0.39, 0.29) is 12.4 Å². The van der Waals surface area contributed by atoms with Gasteiger partial charge in [-0.2, -0.15) is 0 Å². The highest BCUT2D eigenvalue weighted by Gasteiger charge is 2.16. The van der Waals surface area contributed by atoms with Crippen molar-refractivity contribution in [3.63, 3.8) is 0 Å². The van der Waals surface area contributed by atoms with E-state index >= 15 is 0 Å². The molecule has 122 valence electrons. The first-order valence-corrected chi connectivity index (χ1v) is 7.87. The van der Waals surface area contributed by atoms with Crippen LogP contribution in [-0.2, 0) is 0 Å². The smallest absolute Gasteiger partial charge is 0.319 e. The number of urea groups is 1. The number of nitrogens with zero attached hydrogens (tertiary/aromatic N) is 1. The molecule has 1 heterocycles. The number of rotatable bonds is 6. The van der Waals surface area contributed by atoms with Crippen LogP contribution in [-0.4, -0.2) is 36.9 Å². The zero-order valence-electron chi connectivity index (χ0n) is 12.9. The molecule has 2 amide bonds. The number of nitrogens with one attached hydrogen (secondary N) is 2. The SMILES string of the molecule is CCCC(O)CNC(=O)Nc1ccc(N2CCCC2)c(F)c1. The van der Waals surface area contributed by atoms with E-state index in [0.29, 0.717) is 17.8 Å². The average molecular weight is 309 g/mol. The fourth-order valence-corrected chi connectivity index (χ4v) is 2.62. The third-order valence-corrected chi connectivity index (χ3v) is 3.77. The van der Waals surface area contributed by atoms with Crippen LogP contribution in [0.5, 0.6) is 0 Å². The number of carbonyl (C=O) groups excluding carboxylic acids is 1. The molecule has 3 N–H and O–H groups in total. The normalized spacial score (nSPS) is 15.7. The van der Waals surface area contributed by atoms with Crippen LogP contribution >= 0.6 is 0 Å². The van der Waals surface area contributed by atoms with Gasteiger partial charge in [0.25, 0.3) is 0 Å². The molecule has 1 aliphatic heterocycles. The number of anilines is 2. The first-order valence-electron chi connectivity index (χ1n) is 7.87. The summed E-state index contributed by atoms with van der Waals surface area (Å²) in [5.41, 5.74) is 0.991. The second-order valence-electron chi connectivity index (χ2n) is 5.64. The van der Waals surface area contributed by atoms with E-state index in [9.17, 15) is 14.3 Å². The molecule has 1 saturated heterocycles. The van der Waals surface area contributed by atoms with Gasteiger partial charge in [0.05, 0.1) is 11.8 Å². The Hall–Kier alpha value is -1.82. The maximum absolute atomic E-state index is 14.1. The van der Waals surface area contributed by atoms with Gasteiger partial charge < -0.3 is 20.6 Å². The molecule has 0 bridgehead atoms. The summed E-state index contributed by atoms with van der Waals surface area (Å²) in [6.45, 7) is 3.90. The number of hydrogen-bond donors (Lipinski definition) is 3. The van der Waals surface area contributed by atoms with E-state index in [0.717, 1.165) is 32.4 Å². The molecule has 6 heteroatoms. The van der Waals surface area contributed by atoms with Gasteiger partial charge in [-0.1, -0.05) is 13.3 Å². The summed E-state index contributed by atoms with van der Waals surface area (Å²) in [5.74, 6) is -0.328. The molecule has 1 aromatic rings. The molecular weight excluding hydrogens is 285 g/mol. The third kappa shape index (κ3) is 4.59. The molecule has 0 radical (unpaired) electrons. The van der Waals surface area contributed by atoms with Gasteiger partial charge in [-0.3, -0.25) is 0 Å². The van der Waals surface area contributed by atoms with Gasteiger partial charge in [-0.05, 0) is 37.5 Å². The standard InChI is InChI=1S/C16H24FN3O2/c1-2-5-13(21)11-18-16(22)19-12-6-7-15(14(17)10-12)20-8-3-4-9-20/h6-7,10,13,21H,2-5,8-9,11H2,1H3,(H2,18,19,22). The molecule has 1 aromatic carbocycles. The van der Waals surface area contributed by atoms with Crippen molar-refractivity contribution in [2.45, 2.75) is 38.7 Å². The molecule has 22 heavy (non-hydrogen) atoms. The number of aliphatic hydroxyl groups excluding tert-OH is 1. The van der Waals surface area contributed by atoms with Crippen molar-refractivity contribution in [1.29, 1.82) is 0 Å². The number of carbonyl (C=O) groups is 1. The Bertz CT molecular complexity index is 504. The fraction of sp³-hybridized carbons (Fsp3) is 0.562. The molecule has 0 aromatic heterocycles. The molecule has 0 aliphatic carbocycles. The number of benzene rings is 1. The van der Waals surface area contributed by atoms with Crippen molar-refractivity contribution in [2.24, 2.45) is 0 Å². The summed E-state index contributed by atoms with van der Waals surface area (Å²) in [5, 5.41) is 14.7. The minimum atomic E-state index is -0.551. The summed E-state index contributed by atoms with van der Waals surface area (Å²) in [6.07, 6.45) is 3.11. The third-order valence-electron chi connectivity index (χ3n) is 3.77. The zero-order chi connectivity index (χ0) is 15.9. The van der Waals surface area contributed by atoms with E-state index < -0.39 is 12.1 Å². The predicted octanol–water partition coefficient (Wildman–Crippen LogP) is 2.71. The Labute approximate surface area is 130 Å². The van der Waals surface area contributed by atoms with E-state index in [1.807, 2.05) is 11.8 Å². The lowest BCUT2D eigenvalue weighted by atomic mass is 10.2. The number of halogens is 1. The van der Waals surface area contributed by atoms with Gasteiger partial charge in [0.15, 0.2) is 0 Å². The molecule has 0 saturated carbocycles. The van der Waals surface area contributed by atoms with Crippen LogP contribution in [0.15, 0.2) is 18.2 Å². The number of hydrogen-bond acceptors (Lipinski definition) is 3. The van der Waals surface area contributed by atoms with Crippen LogP contribution in [0.25, 0.3) is 0 Å². The minimum absolute atomic E-state index is 0.189. The largest absolute Gasteiger partial charge is 0.391 e. The molecule has 1 aliphatic rings. The van der Waals surface area contributed by atoms with Crippen LogP contribution in [0.1, 0.15) is 32.6 Å². The lowest BCUT2D eigenvalue weighted by molar-refractivity contribution is 0.162. The van der Waals surface area contributed by atoms with Crippen molar-refractivity contribution in [3.05, 3.63) is 24.0 Å². The molecule has 1 fully saturated rings. The molecule has 0 spiro atoms. The van der Waals surface area contributed by atoms with Gasteiger partial charge in [-0.25, -0.2) is 9.18 Å². The highest BCUT2D eigenvalue weighted by atomic mass is 19.1. The van der Waals surface area contributed by atoms with Gasteiger partial charge in [0.2, 0.25) is 0 Å². The van der Waals surface area contributed by atoms with Gasteiger partial charge in [0.1, 0.15) is 5.82 Å². The molecule has 1 unspecified atom stereocenters. The minimum Gasteiger partial charge on any atom is -0.391 e. The van der Waals surface area contributed by atoms with E-state index in [2.05, 4.69) is 10.6 Å². The summed E-state index contributed by atoms with van der Waals surface area (Å²) < 4.78 is 14.1. The topological polar surface area (TPSA) is 64.6 Å². The lowest BCUT2D eigenvalue weighted by Crippen LogP contribution is -2.35. The monoisotopic (exact) mass is 309 g/mol. The Kier molecular flexibility index (Phi) is 6.00. The van der Waals surface area contributed by atoms with Crippen molar-refractivity contribution < 1.29 is 14.3 Å². The Morgan fingerprint density at radius 2 is 2.14 bits per heavy atom. The highest BCUT2D eigenvalue weighted by Crippen LogP contribution is 2.25.